The summed E-state index contributed by atoms with van der Waals surface area (Å²) < 4.78 is 0. The van der Waals surface area contributed by atoms with Gasteiger partial charge < -0.3 is 5.32 Å². The largest absolute Gasteiger partial charge is 0.312 e. The Morgan fingerprint density at radius 2 is 2.45 bits per heavy atom. The fourth-order valence-electron chi connectivity index (χ4n) is 1.40. The maximum absolute atomic E-state index is 5.69. The van der Waals surface area contributed by atoms with Crippen LogP contribution in [0.2, 0.25) is 0 Å². The molecule has 2 heterocycles. The van der Waals surface area contributed by atoms with Crippen LogP contribution in [0.25, 0.3) is 0 Å². The van der Waals surface area contributed by atoms with Gasteiger partial charge in [-0.2, -0.15) is 5.10 Å². The summed E-state index contributed by atoms with van der Waals surface area (Å²) in [6.45, 7) is 1.95. The molecule has 1 aromatic rings. The van der Waals surface area contributed by atoms with E-state index in [-0.39, 0.29) is 0 Å². The number of hydrogen-bond acceptors (Lipinski definition) is 2. The Bertz CT molecular complexity index is 243. The zero-order chi connectivity index (χ0) is 7.68. The van der Waals surface area contributed by atoms with Crippen LogP contribution in [0.4, 0.5) is 0 Å². The van der Waals surface area contributed by atoms with E-state index in [9.17, 15) is 0 Å². The van der Waals surface area contributed by atoms with E-state index in [1.807, 2.05) is 0 Å². The zero-order valence-electron chi connectivity index (χ0n) is 6.15. The normalized spacial score (nSPS) is 16.5. The summed E-state index contributed by atoms with van der Waals surface area (Å²) in [5.74, 6) is 0.507. The molecule has 1 aliphatic rings. The molecule has 3 nitrogen and oxygen atoms in total. The van der Waals surface area contributed by atoms with E-state index in [1.165, 1.54) is 11.3 Å². The number of fused-ring (bicyclic) bond motifs is 1. The zero-order valence-corrected chi connectivity index (χ0v) is 6.91. The van der Waals surface area contributed by atoms with E-state index in [0.29, 0.717) is 5.88 Å². The van der Waals surface area contributed by atoms with E-state index < -0.39 is 0 Å². The third-order valence-electron chi connectivity index (χ3n) is 2.02. The average molecular weight is 172 g/mol. The molecule has 0 unspecified atom stereocenters. The standard InChI is InChI=1S/C7H10ClN3/c8-3-7-5-4-9-2-1-6(5)10-11-7/h9H,1-4H2,(H,10,11). The van der Waals surface area contributed by atoms with Crippen molar-refractivity contribution in [1.82, 2.24) is 15.5 Å². The van der Waals surface area contributed by atoms with Gasteiger partial charge in [0, 0.05) is 30.8 Å². The van der Waals surface area contributed by atoms with Gasteiger partial charge in [-0.05, 0) is 0 Å². The molecule has 0 aliphatic carbocycles. The second-order valence-corrected chi connectivity index (χ2v) is 2.96. The topological polar surface area (TPSA) is 40.7 Å². The second kappa shape index (κ2) is 2.83. The van der Waals surface area contributed by atoms with Gasteiger partial charge in [0.1, 0.15) is 0 Å². The van der Waals surface area contributed by atoms with Crippen LogP contribution in [0, 0.1) is 0 Å². The first-order valence-electron chi connectivity index (χ1n) is 3.73. The van der Waals surface area contributed by atoms with Gasteiger partial charge in [0.2, 0.25) is 0 Å². The van der Waals surface area contributed by atoms with Crippen LogP contribution in [0.5, 0.6) is 0 Å². The Hall–Kier alpha value is -0.540. The van der Waals surface area contributed by atoms with Gasteiger partial charge >= 0.3 is 0 Å². The highest BCUT2D eigenvalue weighted by molar-refractivity contribution is 6.17. The molecule has 2 rings (SSSR count). The van der Waals surface area contributed by atoms with Crippen molar-refractivity contribution < 1.29 is 0 Å². The molecule has 60 valence electrons. The molecule has 0 aromatic carbocycles. The lowest BCUT2D eigenvalue weighted by Gasteiger charge is -2.11. The first-order chi connectivity index (χ1) is 5.42. The molecule has 0 radical (unpaired) electrons. The van der Waals surface area contributed by atoms with Gasteiger partial charge in [0.05, 0.1) is 11.6 Å². The third-order valence-corrected chi connectivity index (χ3v) is 2.27. The second-order valence-electron chi connectivity index (χ2n) is 2.69. The molecule has 11 heavy (non-hydrogen) atoms. The molecule has 2 N–H and O–H groups in total. The highest BCUT2D eigenvalue weighted by Gasteiger charge is 2.14. The van der Waals surface area contributed by atoms with Gasteiger partial charge in [-0.15, -0.1) is 11.6 Å². The quantitative estimate of drug-likeness (QED) is 0.614. The van der Waals surface area contributed by atoms with Crippen molar-refractivity contribution in [2.75, 3.05) is 6.54 Å². The smallest absolute Gasteiger partial charge is 0.0817 e. The Balaban J connectivity index is 2.38. The van der Waals surface area contributed by atoms with Crippen molar-refractivity contribution in [1.29, 1.82) is 0 Å². The van der Waals surface area contributed by atoms with Crippen LogP contribution in [-0.4, -0.2) is 16.7 Å². The Kier molecular flexibility index (Phi) is 1.84. The molecule has 0 saturated carbocycles. The minimum absolute atomic E-state index is 0.507. The molecule has 1 aliphatic heterocycles. The fourth-order valence-corrected chi connectivity index (χ4v) is 1.62. The summed E-state index contributed by atoms with van der Waals surface area (Å²) >= 11 is 5.69. The number of aromatic nitrogens is 2. The van der Waals surface area contributed by atoms with Crippen LogP contribution in [0.3, 0.4) is 0 Å². The first-order valence-corrected chi connectivity index (χ1v) is 4.27. The number of nitrogens with zero attached hydrogens (tertiary/aromatic N) is 1. The lowest BCUT2D eigenvalue weighted by molar-refractivity contribution is 0.635. The number of rotatable bonds is 1. The van der Waals surface area contributed by atoms with Gasteiger partial charge in [-0.1, -0.05) is 0 Å². The summed E-state index contributed by atoms with van der Waals surface area (Å²) in [6, 6.07) is 0. The number of hydrogen-bond donors (Lipinski definition) is 2. The van der Waals surface area contributed by atoms with E-state index in [0.717, 1.165) is 25.2 Å². The van der Waals surface area contributed by atoms with Gasteiger partial charge in [0.25, 0.3) is 0 Å². The summed E-state index contributed by atoms with van der Waals surface area (Å²) in [4.78, 5) is 0. The van der Waals surface area contributed by atoms with E-state index in [1.54, 1.807) is 0 Å². The van der Waals surface area contributed by atoms with E-state index in [2.05, 4.69) is 15.5 Å². The summed E-state index contributed by atoms with van der Waals surface area (Å²) in [5, 5.41) is 10.4. The highest BCUT2D eigenvalue weighted by Crippen LogP contribution is 2.16. The van der Waals surface area contributed by atoms with E-state index in [4.69, 9.17) is 11.6 Å². The molecular weight excluding hydrogens is 162 g/mol. The molecule has 1 aromatic heterocycles. The molecular formula is C7H10ClN3. The van der Waals surface area contributed by atoms with Gasteiger partial charge in [0.15, 0.2) is 0 Å². The molecule has 0 atom stereocenters. The van der Waals surface area contributed by atoms with Gasteiger partial charge in [-0.25, -0.2) is 0 Å². The molecule has 4 heteroatoms. The minimum Gasteiger partial charge on any atom is -0.312 e. The van der Waals surface area contributed by atoms with Crippen molar-refractivity contribution in [2.24, 2.45) is 0 Å². The van der Waals surface area contributed by atoms with Crippen LogP contribution < -0.4 is 5.32 Å². The van der Waals surface area contributed by atoms with Crippen molar-refractivity contribution >= 4 is 11.6 Å². The van der Waals surface area contributed by atoms with Crippen LogP contribution in [0.15, 0.2) is 0 Å². The summed E-state index contributed by atoms with van der Waals surface area (Å²) in [7, 11) is 0. The van der Waals surface area contributed by atoms with Crippen LogP contribution in [-0.2, 0) is 18.8 Å². The Morgan fingerprint density at radius 3 is 3.27 bits per heavy atom. The predicted octanol–water partition coefficient (Wildman–Crippen LogP) is 0.794. The number of halogens is 1. The van der Waals surface area contributed by atoms with Crippen LogP contribution >= 0.6 is 11.6 Å². The lowest BCUT2D eigenvalue weighted by atomic mass is 10.1. The monoisotopic (exact) mass is 171 g/mol. The number of nitrogens with one attached hydrogen (secondary N) is 2. The van der Waals surface area contributed by atoms with Crippen molar-refractivity contribution in [3.8, 4) is 0 Å². The summed E-state index contributed by atoms with van der Waals surface area (Å²) in [6.07, 6.45) is 1.04. The van der Waals surface area contributed by atoms with E-state index >= 15 is 0 Å². The SMILES string of the molecule is ClCc1n[nH]c2c1CNCC2. The molecule has 0 spiro atoms. The predicted molar refractivity (Wildman–Crippen MR) is 43.6 cm³/mol. The Morgan fingerprint density at radius 1 is 1.55 bits per heavy atom. The maximum Gasteiger partial charge on any atom is 0.0817 e. The van der Waals surface area contributed by atoms with Crippen molar-refractivity contribution in [2.45, 2.75) is 18.8 Å². The fraction of sp³-hybridized carbons (Fsp3) is 0.571. The highest BCUT2D eigenvalue weighted by atomic mass is 35.5. The minimum atomic E-state index is 0.507. The average Bonchev–Trinajstić information content (AvgIpc) is 2.47. The number of aromatic amines is 1. The maximum atomic E-state index is 5.69. The van der Waals surface area contributed by atoms with Crippen molar-refractivity contribution in [3.05, 3.63) is 17.0 Å². The van der Waals surface area contributed by atoms with Crippen LogP contribution in [0.1, 0.15) is 17.0 Å². The van der Waals surface area contributed by atoms with Gasteiger partial charge in [-0.3, -0.25) is 5.10 Å². The van der Waals surface area contributed by atoms with Crippen molar-refractivity contribution in [3.63, 3.8) is 0 Å². The molecule has 0 fully saturated rings. The lowest BCUT2D eigenvalue weighted by Crippen LogP contribution is -2.23. The number of alkyl halides is 1. The summed E-state index contributed by atoms with van der Waals surface area (Å²) in [5.41, 5.74) is 3.51. The molecule has 0 saturated heterocycles. The number of H-pyrrole nitrogens is 1. The molecule has 0 amide bonds. The molecule has 0 bridgehead atoms. The third kappa shape index (κ3) is 1.14. The Labute approximate surface area is 70.1 Å². The first kappa shape index (κ1) is 7.13.